The van der Waals surface area contributed by atoms with Gasteiger partial charge in [-0.2, -0.15) is 0 Å². The third-order valence-corrected chi connectivity index (χ3v) is 0.175. The molecule has 0 aliphatic heterocycles. The van der Waals surface area contributed by atoms with Crippen LogP contribution in [0.15, 0.2) is 0 Å². The van der Waals surface area contributed by atoms with Gasteiger partial charge in [0, 0.05) is 0 Å². The van der Waals surface area contributed by atoms with Crippen molar-refractivity contribution in [3.63, 3.8) is 0 Å². The third kappa shape index (κ3) is 20.2. The zero-order valence-electron chi connectivity index (χ0n) is 3.58. The first-order chi connectivity index (χ1) is 2.27. The van der Waals surface area contributed by atoms with Gasteiger partial charge in [0.15, 0.2) is 0 Å². The summed E-state index contributed by atoms with van der Waals surface area (Å²) in [4.78, 5) is 9.15. The van der Waals surface area contributed by atoms with Crippen LogP contribution in [0.5, 0.6) is 0 Å². The van der Waals surface area contributed by atoms with E-state index in [0.29, 0.717) is 0 Å². The van der Waals surface area contributed by atoms with Crippen molar-refractivity contribution in [3.8, 4) is 0 Å². The number of ether oxygens (including phenoxy) is 1. The first-order valence-electron chi connectivity index (χ1n) is 1.04. The van der Waals surface area contributed by atoms with Crippen molar-refractivity contribution in [1.82, 2.24) is 0 Å². The average molecular weight is 332 g/mol. The lowest BCUT2D eigenvalue weighted by Gasteiger charge is -1.79. The van der Waals surface area contributed by atoms with E-state index >= 15 is 0 Å². The minimum Gasteiger partial charge on any atom is -0.450 e. The fourth-order valence-corrected chi connectivity index (χ4v) is 0. The molecule has 0 aromatic heterocycles. The number of hydrogen-bond acceptors (Lipinski definition) is 2. The van der Waals surface area contributed by atoms with Crippen molar-refractivity contribution in [2.45, 2.75) is 0 Å². The van der Waals surface area contributed by atoms with Crippen molar-refractivity contribution in [2.75, 3.05) is 7.11 Å². The van der Waals surface area contributed by atoms with Gasteiger partial charge in [0.25, 0.3) is 0 Å². The van der Waals surface area contributed by atoms with E-state index in [-0.39, 0.29) is 48.0 Å². The Hall–Kier alpha value is 0.730. The number of hydrogen-bond donors (Lipinski definition) is 1. The number of rotatable bonds is 0. The summed E-state index contributed by atoms with van der Waals surface area (Å²) in [7, 11) is 1.10. The van der Waals surface area contributed by atoms with Gasteiger partial charge in [0.05, 0.1) is 7.11 Å². The molecule has 7 heavy (non-hydrogen) atoms. The average Bonchev–Trinajstić information content (AvgIpc) is 1.38. The van der Waals surface area contributed by atoms with Gasteiger partial charge in [-0.05, 0) is 0 Å². The summed E-state index contributed by atoms with van der Waals surface area (Å²) in [6.07, 6.45) is -1.25. The van der Waals surface area contributed by atoms with Gasteiger partial charge in [-0.25, -0.2) is 4.79 Å². The fourth-order valence-electron chi connectivity index (χ4n) is 0. The van der Waals surface area contributed by atoms with Crippen LogP contribution in [0, 0.1) is 0 Å². The Kier molecular flexibility index (Phi) is 22.1. The van der Waals surface area contributed by atoms with Crippen LogP contribution in [0.25, 0.3) is 0 Å². The maximum absolute atomic E-state index is 9.15. The summed E-state index contributed by atoms with van der Waals surface area (Å²) in [5.41, 5.74) is 0. The second-order valence-electron chi connectivity index (χ2n) is 0.470. The monoisotopic (exact) mass is 332 g/mol. The molecular formula is C2H6I2O3. The lowest BCUT2D eigenvalue weighted by atomic mass is 11.4. The smallest absolute Gasteiger partial charge is 0.450 e. The summed E-state index contributed by atoms with van der Waals surface area (Å²) < 4.78 is 3.67. The van der Waals surface area contributed by atoms with Crippen LogP contribution in [0.1, 0.15) is 0 Å². The van der Waals surface area contributed by atoms with Gasteiger partial charge >= 0.3 is 6.16 Å². The van der Waals surface area contributed by atoms with Gasteiger partial charge < -0.3 is 9.84 Å². The predicted molar refractivity (Wildman–Crippen MR) is 45.9 cm³/mol. The molecule has 1 N–H and O–H groups in total. The lowest BCUT2D eigenvalue weighted by molar-refractivity contribution is 0.114. The summed E-state index contributed by atoms with van der Waals surface area (Å²) in [5, 5.41) is 7.50. The SMILES string of the molecule is COC(=O)O.I.I. The molecule has 0 heterocycles. The number of methoxy groups -OCH3 is 1. The maximum Gasteiger partial charge on any atom is 0.505 e. The van der Waals surface area contributed by atoms with E-state index in [1.165, 1.54) is 0 Å². The quantitative estimate of drug-likeness (QED) is 0.541. The highest BCUT2D eigenvalue weighted by Gasteiger charge is 1.80. The van der Waals surface area contributed by atoms with Crippen molar-refractivity contribution >= 4 is 54.1 Å². The molecule has 0 aliphatic rings. The van der Waals surface area contributed by atoms with Gasteiger partial charge in [0.1, 0.15) is 0 Å². The first kappa shape index (κ1) is 15.6. The van der Waals surface area contributed by atoms with Gasteiger partial charge in [0.2, 0.25) is 0 Å². The minimum absolute atomic E-state index is 0. The van der Waals surface area contributed by atoms with E-state index in [1.54, 1.807) is 0 Å². The van der Waals surface area contributed by atoms with E-state index in [1.807, 2.05) is 0 Å². The summed E-state index contributed by atoms with van der Waals surface area (Å²) >= 11 is 0. The second kappa shape index (κ2) is 9.88. The van der Waals surface area contributed by atoms with Crippen LogP contribution in [0.2, 0.25) is 0 Å². The van der Waals surface area contributed by atoms with Crippen LogP contribution in [0.3, 0.4) is 0 Å². The van der Waals surface area contributed by atoms with Crippen LogP contribution in [0.4, 0.5) is 4.79 Å². The van der Waals surface area contributed by atoms with Crippen LogP contribution >= 0.6 is 48.0 Å². The topological polar surface area (TPSA) is 46.5 Å². The molecule has 0 saturated carbocycles. The van der Waals surface area contributed by atoms with E-state index in [9.17, 15) is 0 Å². The Morgan fingerprint density at radius 2 is 1.71 bits per heavy atom. The number of carbonyl (C=O) groups is 1. The van der Waals surface area contributed by atoms with E-state index in [4.69, 9.17) is 9.90 Å². The summed E-state index contributed by atoms with van der Waals surface area (Å²) in [6.45, 7) is 0. The Bertz CT molecular complexity index is 46.2. The summed E-state index contributed by atoms with van der Waals surface area (Å²) in [6, 6.07) is 0. The highest BCUT2D eigenvalue weighted by atomic mass is 127. The molecule has 0 spiro atoms. The summed E-state index contributed by atoms with van der Waals surface area (Å²) in [5.74, 6) is 0. The van der Waals surface area contributed by atoms with Gasteiger partial charge in [-0.15, -0.1) is 48.0 Å². The molecule has 0 radical (unpaired) electrons. The largest absolute Gasteiger partial charge is 0.505 e. The molecule has 5 heteroatoms. The zero-order valence-corrected chi connectivity index (χ0v) is 8.24. The first-order valence-corrected chi connectivity index (χ1v) is 1.04. The van der Waals surface area contributed by atoms with Crippen molar-refractivity contribution in [3.05, 3.63) is 0 Å². The second-order valence-corrected chi connectivity index (χ2v) is 0.470. The third-order valence-electron chi connectivity index (χ3n) is 0.175. The van der Waals surface area contributed by atoms with E-state index < -0.39 is 6.16 Å². The molecule has 0 aromatic carbocycles. The highest BCUT2D eigenvalue weighted by Crippen LogP contribution is 1.60. The Labute approximate surface area is 75.5 Å². The molecule has 0 bridgehead atoms. The molecular weight excluding hydrogens is 326 g/mol. The van der Waals surface area contributed by atoms with E-state index in [0.717, 1.165) is 7.11 Å². The zero-order chi connectivity index (χ0) is 4.28. The van der Waals surface area contributed by atoms with Crippen molar-refractivity contribution in [1.29, 1.82) is 0 Å². The normalized spacial score (nSPS) is 4.71. The fraction of sp³-hybridized carbons (Fsp3) is 0.500. The van der Waals surface area contributed by atoms with Crippen LogP contribution in [-0.4, -0.2) is 18.4 Å². The molecule has 0 amide bonds. The van der Waals surface area contributed by atoms with Gasteiger partial charge in [-0.1, -0.05) is 0 Å². The maximum atomic E-state index is 9.15. The van der Waals surface area contributed by atoms with Gasteiger partial charge in [-0.3, -0.25) is 0 Å². The van der Waals surface area contributed by atoms with Crippen molar-refractivity contribution < 1.29 is 14.6 Å². The molecule has 3 nitrogen and oxygen atoms in total. The van der Waals surface area contributed by atoms with Crippen LogP contribution in [-0.2, 0) is 4.74 Å². The predicted octanol–water partition coefficient (Wildman–Crippen LogP) is 1.55. The Morgan fingerprint density at radius 3 is 1.71 bits per heavy atom. The van der Waals surface area contributed by atoms with E-state index in [2.05, 4.69) is 4.74 Å². The molecule has 0 aliphatic carbocycles. The molecule has 0 atom stereocenters. The molecule has 0 aromatic rings. The van der Waals surface area contributed by atoms with Crippen LogP contribution < -0.4 is 0 Å². The number of halogens is 2. The molecule has 0 unspecified atom stereocenters. The molecule has 0 saturated heterocycles. The van der Waals surface area contributed by atoms with Crippen molar-refractivity contribution in [2.24, 2.45) is 0 Å². The highest BCUT2D eigenvalue weighted by molar-refractivity contribution is 14.0. The number of carboxylic acid groups (broad SMARTS) is 1. The lowest BCUT2D eigenvalue weighted by Crippen LogP contribution is -1.91. The Morgan fingerprint density at radius 1 is 1.57 bits per heavy atom. The molecule has 46 valence electrons. The standard InChI is InChI=1S/C2H4O3.2HI/c1-5-2(3)4;;/h1H3,(H,3,4);2*1H. The Balaban J connectivity index is -0.0000000800. The molecule has 0 fully saturated rings. The minimum atomic E-state index is -1.25. The molecule has 0 rings (SSSR count).